The Morgan fingerprint density at radius 2 is 2.20 bits per heavy atom. The van der Waals surface area contributed by atoms with Crippen molar-refractivity contribution in [1.29, 1.82) is 0 Å². The minimum absolute atomic E-state index is 0.322. The molecule has 108 valence electrons. The molecule has 0 atom stereocenters. The minimum atomic E-state index is 0.322. The van der Waals surface area contributed by atoms with Crippen LogP contribution in [0, 0.1) is 5.92 Å². The fourth-order valence-electron chi connectivity index (χ4n) is 1.71. The monoisotopic (exact) mass is 275 g/mol. The molecule has 0 amide bonds. The van der Waals surface area contributed by atoms with Gasteiger partial charge in [0.1, 0.15) is 6.26 Å². The van der Waals surface area contributed by atoms with Crippen molar-refractivity contribution in [3.63, 3.8) is 0 Å². The van der Waals surface area contributed by atoms with Crippen LogP contribution in [-0.4, -0.2) is 23.1 Å². The molecule has 0 unspecified atom stereocenters. The SMILES string of the molecule is CC(C)CNCc1coc(OCCc2ccccn2)n1. The van der Waals surface area contributed by atoms with Crippen LogP contribution >= 0.6 is 0 Å². The number of hydrogen-bond donors (Lipinski definition) is 1. The number of ether oxygens (including phenoxy) is 1. The number of oxazole rings is 1. The fourth-order valence-corrected chi connectivity index (χ4v) is 1.71. The second-order valence-electron chi connectivity index (χ2n) is 5.05. The summed E-state index contributed by atoms with van der Waals surface area (Å²) in [6.07, 6.45) is 4.47. The van der Waals surface area contributed by atoms with Crippen molar-refractivity contribution in [1.82, 2.24) is 15.3 Å². The van der Waals surface area contributed by atoms with E-state index in [1.807, 2.05) is 18.2 Å². The van der Waals surface area contributed by atoms with Gasteiger partial charge < -0.3 is 14.5 Å². The highest BCUT2D eigenvalue weighted by atomic mass is 16.6. The number of nitrogens with zero attached hydrogens (tertiary/aromatic N) is 2. The molecule has 5 heteroatoms. The molecule has 0 saturated carbocycles. The van der Waals surface area contributed by atoms with Gasteiger partial charge in [0.2, 0.25) is 0 Å². The Morgan fingerprint density at radius 1 is 1.30 bits per heavy atom. The second kappa shape index (κ2) is 7.65. The summed E-state index contributed by atoms with van der Waals surface area (Å²) in [5.74, 6) is 0.621. The summed E-state index contributed by atoms with van der Waals surface area (Å²) in [6, 6.07) is 5.83. The van der Waals surface area contributed by atoms with E-state index in [1.54, 1.807) is 12.5 Å². The topological polar surface area (TPSA) is 60.2 Å². The highest BCUT2D eigenvalue weighted by Crippen LogP contribution is 2.10. The molecule has 0 bridgehead atoms. The fraction of sp³-hybridized carbons (Fsp3) is 0.467. The van der Waals surface area contributed by atoms with Gasteiger partial charge in [-0.2, -0.15) is 4.98 Å². The average molecular weight is 275 g/mol. The number of aromatic nitrogens is 2. The largest absolute Gasteiger partial charge is 0.450 e. The van der Waals surface area contributed by atoms with Gasteiger partial charge in [-0.1, -0.05) is 19.9 Å². The predicted molar refractivity (Wildman–Crippen MR) is 76.5 cm³/mol. The van der Waals surface area contributed by atoms with Crippen LogP contribution in [0.15, 0.2) is 35.1 Å². The number of nitrogens with one attached hydrogen (secondary N) is 1. The average Bonchev–Trinajstić information content (AvgIpc) is 2.87. The van der Waals surface area contributed by atoms with Crippen molar-refractivity contribution in [2.45, 2.75) is 26.8 Å². The molecule has 0 fully saturated rings. The third-order valence-electron chi connectivity index (χ3n) is 2.70. The van der Waals surface area contributed by atoms with Crippen molar-refractivity contribution in [3.8, 4) is 6.08 Å². The Kier molecular flexibility index (Phi) is 5.55. The smallest absolute Gasteiger partial charge is 0.393 e. The van der Waals surface area contributed by atoms with E-state index in [4.69, 9.17) is 9.15 Å². The summed E-state index contributed by atoms with van der Waals surface area (Å²) >= 11 is 0. The van der Waals surface area contributed by atoms with Crippen LogP contribution in [0.2, 0.25) is 0 Å². The van der Waals surface area contributed by atoms with Crippen molar-refractivity contribution in [3.05, 3.63) is 42.0 Å². The van der Waals surface area contributed by atoms with E-state index >= 15 is 0 Å². The van der Waals surface area contributed by atoms with Gasteiger partial charge >= 0.3 is 6.08 Å². The molecule has 0 aliphatic carbocycles. The van der Waals surface area contributed by atoms with Crippen LogP contribution in [0.1, 0.15) is 25.2 Å². The normalized spacial score (nSPS) is 10.9. The summed E-state index contributed by atoms with van der Waals surface area (Å²) in [4.78, 5) is 8.50. The Morgan fingerprint density at radius 3 is 2.95 bits per heavy atom. The lowest BCUT2D eigenvalue weighted by Crippen LogP contribution is -2.19. The van der Waals surface area contributed by atoms with E-state index in [-0.39, 0.29) is 0 Å². The van der Waals surface area contributed by atoms with Crippen LogP contribution < -0.4 is 10.1 Å². The van der Waals surface area contributed by atoms with Crippen LogP contribution in [0.25, 0.3) is 0 Å². The minimum Gasteiger partial charge on any atom is -0.450 e. The maximum atomic E-state index is 5.47. The van der Waals surface area contributed by atoms with Crippen LogP contribution in [0.3, 0.4) is 0 Å². The summed E-state index contributed by atoms with van der Waals surface area (Å²) in [6.45, 7) is 6.51. The molecule has 0 aliphatic rings. The molecule has 5 nitrogen and oxygen atoms in total. The maximum absolute atomic E-state index is 5.47. The highest BCUT2D eigenvalue weighted by molar-refractivity contribution is 5.04. The van der Waals surface area contributed by atoms with Gasteiger partial charge in [0.15, 0.2) is 0 Å². The molecule has 20 heavy (non-hydrogen) atoms. The van der Waals surface area contributed by atoms with Crippen molar-refractivity contribution in [2.24, 2.45) is 5.92 Å². The van der Waals surface area contributed by atoms with E-state index in [9.17, 15) is 0 Å². The van der Waals surface area contributed by atoms with E-state index in [2.05, 4.69) is 29.1 Å². The Balaban J connectivity index is 1.70. The zero-order valence-electron chi connectivity index (χ0n) is 12.0. The molecule has 2 heterocycles. The first-order valence-electron chi connectivity index (χ1n) is 6.92. The molecule has 2 aromatic heterocycles. The lowest BCUT2D eigenvalue weighted by atomic mass is 10.2. The zero-order chi connectivity index (χ0) is 14.2. The third kappa shape index (κ3) is 5.01. The maximum Gasteiger partial charge on any atom is 0.393 e. The van der Waals surface area contributed by atoms with E-state index in [1.165, 1.54) is 0 Å². The second-order valence-corrected chi connectivity index (χ2v) is 5.05. The number of pyridine rings is 1. The molecule has 0 saturated heterocycles. The van der Waals surface area contributed by atoms with Crippen molar-refractivity contribution in [2.75, 3.05) is 13.2 Å². The summed E-state index contributed by atoms with van der Waals surface area (Å²) < 4.78 is 10.7. The van der Waals surface area contributed by atoms with Gasteiger partial charge in [0, 0.05) is 24.9 Å². The van der Waals surface area contributed by atoms with E-state index in [0.717, 1.165) is 24.4 Å². The molecule has 1 N–H and O–H groups in total. The lowest BCUT2D eigenvalue weighted by molar-refractivity contribution is 0.232. The quantitative estimate of drug-likeness (QED) is 0.801. The number of rotatable bonds is 8. The van der Waals surface area contributed by atoms with Gasteiger partial charge in [-0.25, -0.2) is 0 Å². The summed E-state index contributed by atoms with van der Waals surface area (Å²) in [5.41, 5.74) is 1.86. The Labute approximate surface area is 119 Å². The summed E-state index contributed by atoms with van der Waals surface area (Å²) in [5, 5.41) is 3.31. The first-order chi connectivity index (χ1) is 9.74. The Bertz CT molecular complexity index is 497. The van der Waals surface area contributed by atoms with Crippen molar-refractivity contribution >= 4 is 0 Å². The van der Waals surface area contributed by atoms with Gasteiger partial charge in [-0.05, 0) is 24.6 Å². The van der Waals surface area contributed by atoms with Crippen LogP contribution in [0.5, 0.6) is 6.08 Å². The van der Waals surface area contributed by atoms with E-state index < -0.39 is 0 Å². The zero-order valence-corrected chi connectivity index (χ0v) is 12.0. The molecular weight excluding hydrogens is 254 g/mol. The van der Waals surface area contributed by atoms with Gasteiger partial charge in [0.05, 0.1) is 12.3 Å². The highest BCUT2D eigenvalue weighted by Gasteiger charge is 2.05. The molecule has 2 rings (SSSR count). The molecule has 0 aliphatic heterocycles. The molecular formula is C15H21N3O2. The first-order valence-corrected chi connectivity index (χ1v) is 6.92. The van der Waals surface area contributed by atoms with Gasteiger partial charge in [-0.3, -0.25) is 4.98 Å². The van der Waals surface area contributed by atoms with Gasteiger partial charge in [-0.15, -0.1) is 0 Å². The first kappa shape index (κ1) is 14.5. The standard InChI is InChI=1S/C15H21N3O2/c1-12(2)9-16-10-14-11-20-15(18-14)19-8-6-13-5-3-4-7-17-13/h3-5,7,11-12,16H,6,8-10H2,1-2H3. The number of hydrogen-bond acceptors (Lipinski definition) is 5. The molecule has 0 spiro atoms. The molecule has 0 radical (unpaired) electrons. The molecule has 2 aromatic rings. The van der Waals surface area contributed by atoms with Crippen molar-refractivity contribution < 1.29 is 9.15 Å². The van der Waals surface area contributed by atoms with Crippen LogP contribution in [-0.2, 0) is 13.0 Å². The summed E-state index contributed by atoms with van der Waals surface area (Å²) in [7, 11) is 0. The molecule has 0 aromatic carbocycles. The van der Waals surface area contributed by atoms with E-state index in [0.29, 0.717) is 25.1 Å². The Hall–Kier alpha value is -1.88. The third-order valence-corrected chi connectivity index (χ3v) is 2.70. The predicted octanol–water partition coefficient (Wildman–Crippen LogP) is 2.44. The lowest BCUT2D eigenvalue weighted by Gasteiger charge is -2.04. The van der Waals surface area contributed by atoms with Crippen LogP contribution in [0.4, 0.5) is 0 Å². The van der Waals surface area contributed by atoms with Gasteiger partial charge in [0.25, 0.3) is 0 Å².